The van der Waals surface area contributed by atoms with E-state index in [1.165, 1.54) is 24.5 Å². The first-order valence-electron chi connectivity index (χ1n) is 8.66. The maximum atomic E-state index is 12.8. The van der Waals surface area contributed by atoms with Crippen LogP contribution in [0.15, 0.2) is 60.1 Å². The number of pyridine rings is 1. The van der Waals surface area contributed by atoms with Gasteiger partial charge in [0.15, 0.2) is 11.5 Å². The summed E-state index contributed by atoms with van der Waals surface area (Å²) in [4.78, 5) is 30.5. The fourth-order valence-electron chi connectivity index (χ4n) is 3.13. The van der Waals surface area contributed by atoms with Crippen LogP contribution in [0.4, 0.5) is 18.9 Å². The first kappa shape index (κ1) is 20.4. The maximum Gasteiger partial charge on any atom is 0.573 e. The average molecular weight is 406 g/mol. The molecule has 0 bridgehead atoms. The number of aliphatic hydroxyl groups excluding tert-OH is 1. The van der Waals surface area contributed by atoms with E-state index in [4.69, 9.17) is 0 Å². The third kappa shape index (κ3) is 4.08. The SMILES string of the molecule is CC(C)C(=O)C1=C(O)C(=O)N(c2cccc(OC(F)(F)F)c2)C1c1ccncc1. The first-order valence-corrected chi connectivity index (χ1v) is 8.66. The number of ether oxygens (including phenoxy) is 1. The van der Waals surface area contributed by atoms with Gasteiger partial charge in [0.05, 0.1) is 11.6 Å². The van der Waals surface area contributed by atoms with Crippen molar-refractivity contribution >= 4 is 17.4 Å². The standard InChI is InChI=1S/C20H17F3N2O4/c1-11(2)17(26)15-16(12-6-8-24-9-7-12)25(19(28)18(15)27)13-4-3-5-14(10-13)29-20(21,22)23/h3-11,16,27H,1-2H3. The summed E-state index contributed by atoms with van der Waals surface area (Å²) in [5, 5.41) is 10.4. The van der Waals surface area contributed by atoms with Gasteiger partial charge >= 0.3 is 6.36 Å². The van der Waals surface area contributed by atoms with Gasteiger partial charge in [-0.05, 0) is 29.8 Å². The van der Waals surface area contributed by atoms with Gasteiger partial charge in [-0.3, -0.25) is 19.5 Å². The van der Waals surface area contributed by atoms with Crippen LogP contribution in [0.1, 0.15) is 25.5 Å². The minimum Gasteiger partial charge on any atom is -0.503 e. The van der Waals surface area contributed by atoms with E-state index >= 15 is 0 Å². The molecule has 0 aliphatic carbocycles. The van der Waals surface area contributed by atoms with Crippen molar-refractivity contribution in [3.8, 4) is 5.75 Å². The summed E-state index contributed by atoms with van der Waals surface area (Å²) in [6.45, 7) is 3.24. The van der Waals surface area contributed by atoms with Gasteiger partial charge in [-0.15, -0.1) is 13.2 Å². The molecule has 0 radical (unpaired) electrons. The molecule has 1 unspecified atom stereocenters. The van der Waals surface area contributed by atoms with E-state index in [2.05, 4.69) is 9.72 Å². The third-order valence-electron chi connectivity index (χ3n) is 4.35. The number of carbonyl (C=O) groups is 2. The second-order valence-corrected chi connectivity index (χ2v) is 6.68. The van der Waals surface area contributed by atoms with Gasteiger partial charge in [0.1, 0.15) is 5.75 Å². The van der Waals surface area contributed by atoms with Crippen molar-refractivity contribution in [2.75, 3.05) is 4.90 Å². The second-order valence-electron chi connectivity index (χ2n) is 6.68. The molecule has 1 amide bonds. The van der Waals surface area contributed by atoms with E-state index < -0.39 is 41.5 Å². The lowest BCUT2D eigenvalue weighted by Crippen LogP contribution is -2.31. The number of anilines is 1. The number of nitrogens with zero attached hydrogens (tertiary/aromatic N) is 2. The van der Waals surface area contributed by atoms with E-state index in [0.717, 1.165) is 17.0 Å². The molecule has 0 saturated carbocycles. The zero-order valence-corrected chi connectivity index (χ0v) is 15.5. The molecule has 3 rings (SSSR count). The highest BCUT2D eigenvalue weighted by atomic mass is 19.4. The molecule has 1 aliphatic heterocycles. The van der Waals surface area contributed by atoms with Crippen LogP contribution in [0.25, 0.3) is 0 Å². The van der Waals surface area contributed by atoms with Crippen LogP contribution in [-0.2, 0) is 9.59 Å². The van der Waals surface area contributed by atoms with Crippen LogP contribution < -0.4 is 9.64 Å². The number of halogens is 3. The minimum atomic E-state index is -4.91. The van der Waals surface area contributed by atoms with Crippen LogP contribution in [0.5, 0.6) is 5.75 Å². The van der Waals surface area contributed by atoms with E-state index in [1.54, 1.807) is 26.0 Å². The Morgan fingerprint density at radius 3 is 2.45 bits per heavy atom. The van der Waals surface area contributed by atoms with Gasteiger partial charge in [-0.1, -0.05) is 19.9 Å². The molecule has 1 atom stereocenters. The van der Waals surface area contributed by atoms with Crippen LogP contribution >= 0.6 is 0 Å². The number of Topliss-reactive ketones (excluding diaryl/α,β-unsaturated/α-hetero) is 1. The number of aromatic nitrogens is 1. The highest BCUT2D eigenvalue weighted by molar-refractivity contribution is 6.16. The number of hydrogen-bond donors (Lipinski definition) is 1. The molecule has 9 heteroatoms. The summed E-state index contributed by atoms with van der Waals surface area (Å²) >= 11 is 0. The molecule has 6 nitrogen and oxygen atoms in total. The fourth-order valence-corrected chi connectivity index (χ4v) is 3.13. The van der Waals surface area contributed by atoms with E-state index in [9.17, 15) is 27.9 Å². The second kappa shape index (κ2) is 7.57. The Morgan fingerprint density at radius 1 is 1.21 bits per heavy atom. The Hall–Kier alpha value is -3.36. The van der Waals surface area contributed by atoms with Gasteiger partial charge in [0, 0.05) is 30.1 Å². The quantitative estimate of drug-likeness (QED) is 0.809. The third-order valence-corrected chi connectivity index (χ3v) is 4.35. The van der Waals surface area contributed by atoms with Gasteiger partial charge in [-0.2, -0.15) is 0 Å². The minimum absolute atomic E-state index is 0.0386. The Labute approximate surface area is 164 Å². The van der Waals surface area contributed by atoms with E-state index in [0.29, 0.717) is 5.56 Å². The van der Waals surface area contributed by atoms with E-state index in [1.807, 2.05) is 0 Å². The molecule has 152 valence electrons. The topological polar surface area (TPSA) is 79.7 Å². The Bertz CT molecular complexity index is 971. The number of benzene rings is 1. The molecule has 1 aromatic carbocycles. The summed E-state index contributed by atoms with van der Waals surface area (Å²) in [6.07, 6.45) is -2.00. The number of hydrogen-bond acceptors (Lipinski definition) is 5. The normalized spacial score (nSPS) is 17.2. The van der Waals surface area contributed by atoms with Crippen LogP contribution in [0, 0.1) is 5.92 Å². The molecule has 2 aromatic rings. The fraction of sp³-hybridized carbons (Fsp3) is 0.250. The number of aliphatic hydroxyl groups is 1. The Morgan fingerprint density at radius 2 is 1.86 bits per heavy atom. The van der Waals surface area contributed by atoms with Gasteiger partial charge in [0.2, 0.25) is 0 Å². The zero-order chi connectivity index (χ0) is 21.3. The number of ketones is 1. The lowest BCUT2D eigenvalue weighted by molar-refractivity contribution is -0.274. The molecule has 0 fully saturated rings. The van der Waals surface area contributed by atoms with Gasteiger partial charge in [0.25, 0.3) is 5.91 Å². The average Bonchev–Trinajstić information content (AvgIpc) is 2.92. The number of rotatable bonds is 5. The van der Waals surface area contributed by atoms with Crippen molar-refractivity contribution in [1.29, 1.82) is 0 Å². The van der Waals surface area contributed by atoms with Gasteiger partial charge < -0.3 is 9.84 Å². The van der Waals surface area contributed by atoms with Crippen molar-refractivity contribution in [2.24, 2.45) is 5.92 Å². The molecule has 1 aliphatic rings. The lowest BCUT2D eigenvalue weighted by Gasteiger charge is -2.27. The summed E-state index contributed by atoms with van der Waals surface area (Å²) in [5.41, 5.74) is 0.401. The van der Waals surface area contributed by atoms with Crippen molar-refractivity contribution < 1.29 is 32.6 Å². The maximum absolute atomic E-state index is 12.8. The molecule has 0 saturated heterocycles. The molecule has 29 heavy (non-hydrogen) atoms. The number of amides is 1. The summed E-state index contributed by atoms with van der Waals surface area (Å²) in [7, 11) is 0. The molecule has 1 aromatic heterocycles. The molecule has 2 heterocycles. The predicted molar refractivity (Wildman–Crippen MR) is 97.1 cm³/mol. The Balaban J connectivity index is 2.12. The first-order chi connectivity index (χ1) is 13.6. The lowest BCUT2D eigenvalue weighted by atomic mass is 9.91. The largest absolute Gasteiger partial charge is 0.573 e. The monoisotopic (exact) mass is 406 g/mol. The predicted octanol–water partition coefficient (Wildman–Crippen LogP) is 4.11. The highest BCUT2D eigenvalue weighted by Crippen LogP contribution is 2.42. The van der Waals surface area contributed by atoms with Crippen LogP contribution in [0.3, 0.4) is 0 Å². The zero-order valence-electron chi connectivity index (χ0n) is 15.5. The van der Waals surface area contributed by atoms with Crippen LogP contribution in [0.2, 0.25) is 0 Å². The molecular weight excluding hydrogens is 389 g/mol. The van der Waals surface area contributed by atoms with Crippen molar-refractivity contribution in [3.05, 3.63) is 65.7 Å². The van der Waals surface area contributed by atoms with Gasteiger partial charge in [-0.25, -0.2) is 0 Å². The summed E-state index contributed by atoms with van der Waals surface area (Å²) in [5.74, 6) is -3.10. The van der Waals surface area contributed by atoms with Crippen molar-refractivity contribution in [2.45, 2.75) is 26.3 Å². The smallest absolute Gasteiger partial charge is 0.503 e. The summed E-state index contributed by atoms with van der Waals surface area (Å²) in [6, 6.07) is 6.90. The number of alkyl halides is 3. The summed E-state index contributed by atoms with van der Waals surface area (Å²) < 4.78 is 41.7. The van der Waals surface area contributed by atoms with Crippen molar-refractivity contribution in [3.63, 3.8) is 0 Å². The van der Waals surface area contributed by atoms with E-state index in [-0.39, 0.29) is 11.3 Å². The molecule has 1 N–H and O–H groups in total. The highest BCUT2D eigenvalue weighted by Gasteiger charge is 2.45. The van der Waals surface area contributed by atoms with Crippen LogP contribution in [-0.4, -0.2) is 28.1 Å². The molecular formula is C20H17F3N2O4. The van der Waals surface area contributed by atoms with Crippen molar-refractivity contribution in [1.82, 2.24) is 4.98 Å². The molecule has 0 spiro atoms. The number of carbonyl (C=O) groups excluding carboxylic acids is 2. The Kier molecular flexibility index (Phi) is 5.32.